The molecule has 0 fully saturated rings. The molecule has 0 amide bonds. The summed E-state index contributed by atoms with van der Waals surface area (Å²) in [5.41, 5.74) is 4.80. The Balaban J connectivity index is 1.48. The van der Waals surface area contributed by atoms with Gasteiger partial charge in [-0.3, -0.25) is 4.99 Å². The van der Waals surface area contributed by atoms with Crippen LogP contribution in [0.2, 0.25) is 0 Å². The molecule has 0 aliphatic rings. The summed E-state index contributed by atoms with van der Waals surface area (Å²) < 4.78 is 2.28. The van der Waals surface area contributed by atoms with Gasteiger partial charge in [0.2, 0.25) is 0 Å². The minimum atomic E-state index is 0.770. The molecule has 0 aliphatic heterocycles. The van der Waals surface area contributed by atoms with E-state index in [0.29, 0.717) is 0 Å². The molecule has 0 radical (unpaired) electrons. The smallest absolute Gasteiger partial charge is 0.191 e. The summed E-state index contributed by atoms with van der Waals surface area (Å²) in [6.45, 7) is 6.74. The second kappa shape index (κ2) is 8.52. The average Bonchev–Trinajstić information content (AvgIpc) is 2.96. The van der Waals surface area contributed by atoms with Crippen molar-refractivity contribution in [2.75, 3.05) is 13.6 Å². The van der Waals surface area contributed by atoms with Crippen molar-refractivity contribution in [1.82, 2.24) is 20.2 Å². The van der Waals surface area contributed by atoms with Crippen LogP contribution in [0.3, 0.4) is 0 Å². The number of benzene rings is 2. The Kier molecular flexibility index (Phi) is 5.89. The van der Waals surface area contributed by atoms with E-state index in [4.69, 9.17) is 0 Å². The second-order valence-corrected chi connectivity index (χ2v) is 6.49. The molecule has 0 saturated heterocycles. The number of rotatable bonds is 6. The van der Waals surface area contributed by atoms with E-state index in [0.717, 1.165) is 43.4 Å². The second-order valence-electron chi connectivity index (χ2n) is 6.49. The van der Waals surface area contributed by atoms with Gasteiger partial charge in [0.15, 0.2) is 5.96 Å². The molecule has 1 aromatic heterocycles. The predicted octanol–water partition coefficient (Wildman–Crippen LogP) is 3.41. The monoisotopic (exact) mass is 349 g/mol. The van der Waals surface area contributed by atoms with Gasteiger partial charge in [0.1, 0.15) is 5.82 Å². The highest BCUT2D eigenvalue weighted by Gasteiger charge is 2.06. The van der Waals surface area contributed by atoms with Gasteiger partial charge in [-0.25, -0.2) is 4.98 Å². The number of guanidine groups is 1. The molecule has 3 rings (SSSR count). The standard InChI is InChI=1S/C21H27N5/c1-16-8-6-9-18(14-16)15-24-21(22-3)23-12-7-13-26-17(2)25-19-10-4-5-11-20(19)26/h4-6,8-11,14H,7,12-13,15H2,1-3H3,(H2,22,23,24). The van der Waals surface area contributed by atoms with E-state index in [1.807, 2.05) is 6.07 Å². The van der Waals surface area contributed by atoms with Crippen LogP contribution in [0.5, 0.6) is 0 Å². The summed E-state index contributed by atoms with van der Waals surface area (Å²) in [7, 11) is 1.80. The molecule has 5 nitrogen and oxygen atoms in total. The maximum Gasteiger partial charge on any atom is 0.191 e. The van der Waals surface area contributed by atoms with Crippen LogP contribution in [-0.2, 0) is 13.1 Å². The van der Waals surface area contributed by atoms with Crippen molar-refractivity contribution in [1.29, 1.82) is 0 Å². The topological polar surface area (TPSA) is 54.2 Å². The number of hydrogen-bond acceptors (Lipinski definition) is 2. The zero-order valence-electron chi connectivity index (χ0n) is 15.8. The molecule has 0 unspecified atom stereocenters. The van der Waals surface area contributed by atoms with E-state index in [-0.39, 0.29) is 0 Å². The Hall–Kier alpha value is -2.82. The third kappa shape index (κ3) is 4.42. The minimum Gasteiger partial charge on any atom is -0.356 e. The quantitative estimate of drug-likeness (QED) is 0.407. The highest BCUT2D eigenvalue weighted by molar-refractivity contribution is 5.79. The first kappa shape index (κ1) is 18.0. The van der Waals surface area contributed by atoms with Gasteiger partial charge < -0.3 is 15.2 Å². The van der Waals surface area contributed by atoms with Crippen molar-refractivity contribution in [3.05, 3.63) is 65.5 Å². The molecule has 136 valence electrons. The first-order valence-corrected chi connectivity index (χ1v) is 9.09. The summed E-state index contributed by atoms with van der Waals surface area (Å²) in [6.07, 6.45) is 1.01. The summed E-state index contributed by atoms with van der Waals surface area (Å²) >= 11 is 0. The van der Waals surface area contributed by atoms with Gasteiger partial charge in [-0.15, -0.1) is 0 Å². The lowest BCUT2D eigenvalue weighted by Crippen LogP contribution is -2.37. The van der Waals surface area contributed by atoms with E-state index in [1.165, 1.54) is 16.6 Å². The Labute approximate surface area is 155 Å². The number of nitrogens with one attached hydrogen (secondary N) is 2. The van der Waals surface area contributed by atoms with E-state index in [9.17, 15) is 0 Å². The van der Waals surface area contributed by atoms with E-state index in [2.05, 4.69) is 81.5 Å². The summed E-state index contributed by atoms with van der Waals surface area (Å²) in [5, 5.41) is 6.76. The molecular formula is C21H27N5. The number of nitrogens with zero attached hydrogens (tertiary/aromatic N) is 3. The van der Waals surface area contributed by atoms with Crippen molar-refractivity contribution in [3.8, 4) is 0 Å². The van der Waals surface area contributed by atoms with Gasteiger partial charge in [0.25, 0.3) is 0 Å². The molecule has 0 bridgehead atoms. The number of fused-ring (bicyclic) bond motifs is 1. The highest BCUT2D eigenvalue weighted by atomic mass is 15.2. The molecule has 26 heavy (non-hydrogen) atoms. The predicted molar refractivity (Wildman–Crippen MR) is 108 cm³/mol. The summed E-state index contributed by atoms with van der Waals surface area (Å²) in [6, 6.07) is 16.8. The van der Waals surface area contributed by atoms with E-state index < -0.39 is 0 Å². The fourth-order valence-electron chi connectivity index (χ4n) is 3.15. The van der Waals surface area contributed by atoms with Crippen molar-refractivity contribution in [2.24, 2.45) is 4.99 Å². The van der Waals surface area contributed by atoms with Crippen molar-refractivity contribution >= 4 is 17.0 Å². The van der Waals surface area contributed by atoms with Gasteiger partial charge >= 0.3 is 0 Å². The molecular weight excluding hydrogens is 322 g/mol. The fraction of sp³-hybridized carbons (Fsp3) is 0.333. The van der Waals surface area contributed by atoms with Crippen LogP contribution in [0, 0.1) is 13.8 Å². The van der Waals surface area contributed by atoms with Gasteiger partial charge in [-0.1, -0.05) is 42.0 Å². The normalized spacial score (nSPS) is 11.7. The maximum absolute atomic E-state index is 4.62. The number of aryl methyl sites for hydroxylation is 3. The molecule has 2 aromatic carbocycles. The molecule has 0 spiro atoms. The Morgan fingerprint density at radius 2 is 1.92 bits per heavy atom. The molecule has 3 aromatic rings. The number of aromatic nitrogens is 2. The number of imidazole rings is 1. The average molecular weight is 349 g/mol. The van der Waals surface area contributed by atoms with Gasteiger partial charge in [0, 0.05) is 26.7 Å². The minimum absolute atomic E-state index is 0.770. The number of aliphatic imine (C=N–C) groups is 1. The van der Waals surface area contributed by atoms with Crippen LogP contribution in [-0.4, -0.2) is 29.1 Å². The Morgan fingerprint density at radius 3 is 2.73 bits per heavy atom. The van der Waals surface area contributed by atoms with Crippen LogP contribution in [0.1, 0.15) is 23.4 Å². The SMILES string of the molecule is CN=C(NCCCn1c(C)nc2ccccc21)NCc1cccc(C)c1. The third-order valence-corrected chi connectivity index (χ3v) is 4.46. The van der Waals surface area contributed by atoms with Crippen molar-refractivity contribution < 1.29 is 0 Å². The van der Waals surface area contributed by atoms with Crippen LogP contribution < -0.4 is 10.6 Å². The van der Waals surface area contributed by atoms with Crippen LogP contribution in [0.4, 0.5) is 0 Å². The summed E-state index contributed by atoms with van der Waals surface area (Å²) in [5.74, 6) is 1.90. The lowest BCUT2D eigenvalue weighted by Gasteiger charge is -2.13. The summed E-state index contributed by atoms with van der Waals surface area (Å²) in [4.78, 5) is 8.92. The Bertz CT molecular complexity index is 894. The van der Waals surface area contributed by atoms with Gasteiger partial charge in [-0.05, 0) is 38.0 Å². The highest BCUT2D eigenvalue weighted by Crippen LogP contribution is 2.15. The lowest BCUT2D eigenvalue weighted by molar-refractivity contribution is 0.624. The Morgan fingerprint density at radius 1 is 1.08 bits per heavy atom. The van der Waals surface area contributed by atoms with E-state index in [1.54, 1.807) is 7.05 Å². The number of para-hydroxylation sites is 2. The molecule has 0 atom stereocenters. The molecule has 0 saturated carbocycles. The molecule has 1 heterocycles. The van der Waals surface area contributed by atoms with Crippen LogP contribution in [0.25, 0.3) is 11.0 Å². The van der Waals surface area contributed by atoms with Gasteiger partial charge in [0.05, 0.1) is 11.0 Å². The zero-order valence-corrected chi connectivity index (χ0v) is 15.8. The van der Waals surface area contributed by atoms with Crippen molar-refractivity contribution in [3.63, 3.8) is 0 Å². The number of hydrogen-bond donors (Lipinski definition) is 2. The lowest BCUT2D eigenvalue weighted by atomic mass is 10.1. The first-order valence-electron chi connectivity index (χ1n) is 9.09. The van der Waals surface area contributed by atoms with Crippen LogP contribution in [0.15, 0.2) is 53.5 Å². The molecule has 2 N–H and O–H groups in total. The maximum atomic E-state index is 4.62. The van der Waals surface area contributed by atoms with E-state index >= 15 is 0 Å². The molecule has 5 heteroatoms. The first-order chi connectivity index (χ1) is 12.7. The third-order valence-electron chi connectivity index (χ3n) is 4.46. The largest absolute Gasteiger partial charge is 0.356 e. The van der Waals surface area contributed by atoms with Crippen LogP contribution >= 0.6 is 0 Å². The zero-order chi connectivity index (χ0) is 18.4. The fourth-order valence-corrected chi connectivity index (χ4v) is 3.15. The van der Waals surface area contributed by atoms with Gasteiger partial charge in [-0.2, -0.15) is 0 Å². The molecule has 0 aliphatic carbocycles. The van der Waals surface area contributed by atoms with Crippen molar-refractivity contribution in [2.45, 2.75) is 33.4 Å².